The third-order valence-electron chi connectivity index (χ3n) is 4.36. The van der Waals surface area contributed by atoms with Gasteiger partial charge in [0.25, 0.3) is 5.91 Å². The minimum atomic E-state index is -0.579. The topological polar surface area (TPSA) is 55.6 Å². The first-order chi connectivity index (χ1) is 11.5. The zero-order valence-electron chi connectivity index (χ0n) is 13.6. The van der Waals surface area contributed by atoms with Gasteiger partial charge in [-0.05, 0) is 30.7 Å². The number of ether oxygens (including phenoxy) is 1. The van der Waals surface area contributed by atoms with E-state index >= 15 is 0 Å². The largest absolute Gasteiger partial charge is 0.481 e. The molecule has 2 N–H and O–H groups in total. The molecule has 0 radical (unpaired) electrons. The van der Waals surface area contributed by atoms with Crippen LogP contribution >= 0.6 is 11.6 Å². The van der Waals surface area contributed by atoms with Crippen molar-refractivity contribution < 1.29 is 9.53 Å². The third kappa shape index (κ3) is 3.71. The van der Waals surface area contributed by atoms with Crippen LogP contribution in [0.1, 0.15) is 18.4 Å². The van der Waals surface area contributed by atoms with E-state index in [0.717, 1.165) is 0 Å². The Kier molecular flexibility index (Phi) is 5.07. The molecule has 0 aliphatic carbocycles. The van der Waals surface area contributed by atoms with Gasteiger partial charge in [0.05, 0.1) is 0 Å². The molecular weight excluding hydrogens is 324 g/mol. The summed E-state index contributed by atoms with van der Waals surface area (Å²) in [5, 5.41) is 0.583. The highest BCUT2D eigenvalue weighted by Gasteiger charge is 2.35. The van der Waals surface area contributed by atoms with Gasteiger partial charge >= 0.3 is 0 Å². The van der Waals surface area contributed by atoms with Gasteiger partial charge in [-0.2, -0.15) is 0 Å². The molecular formula is C19H21ClN2O2. The number of halogens is 1. The Balaban J connectivity index is 1.65. The average molecular weight is 345 g/mol. The fraction of sp³-hybridized carbons (Fsp3) is 0.316. The summed E-state index contributed by atoms with van der Waals surface area (Å²) in [6.07, 6.45) is -0.579. The van der Waals surface area contributed by atoms with E-state index < -0.39 is 6.10 Å². The van der Waals surface area contributed by atoms with E-state index in [1.54, 1.807) is 36.1 Å². The van der Waals surface area contributed by atoms with Crippen molar-refractivity contribution in [1.29, 1.82) is 0 Å². The average Bonchev–Trinajstić information content (AvgIpc) is 2.96. The van der Waals surface area contributed by atoms with Gasteiger partial charge in [0.15, 0.2) is 6.10 Å². The predicted octanol–water partition coefficient (Wildman–Crippen LogP) is 3.06. The predicted molar refractivity (Wildman–Crippen MR) is 95.3 cm³/mol. The highest BCUT2D eigenvalue weighted by Crippen LogP contribution is 2.27. The molecule has 1 saturated heterocycles. The van der Waals surface area contributed by atoms with E-state index in [4.69, 9.17) is 22.1 Å². The second-order valence-electron chi connectivity index (χ2n) is 6.14. The fourth-order valence-corrected chi connectivity index (χ4v) is 3.29. The molecule has 2 aromatic carbocycles. The second-order valence-corrected chi connectivity index (χ2v) is 6.58. The lowest BCUT2D eigenvalue weighted by Gasteiger charge is -2.22. The Hall–Kier alpha value is -2.04. The van der Waals surface area contributed by atoms with Gasteiger partial charge in [-0.3, -0.25) is 4.79 Å². The Bertz CT molecular complexity index is 708. The van der Waals surface area contributed by atoms with Crippen molar-refractivity contribution in [3.05, 3.63) is 65.2 Å². The molecule has 1 unspecified atom stereocenters. The molecule has 0 saturated carbocycles. The van der Waals surface area contributed by atoms with E-state index in [1.807, 2.05) is 18.2 Å². The van der Waals surface area contributed by atoms with Crippen LogP contribution in [0.15, 0.2) is 54.6 Å². The maximum absolute atomic E-state index is 12.7. The van der Waals surface area contributed by atoms with Crippen LogP contribution < -0.4 is 10.5 Å². The summed E-state index contributed by atoms with van der Waals surface area (Å²) in [5.74, 6) is 0.698. The van der Waals surface area contributed by atoms with Gasteiger partial charge in [-0.1, -0.05) is 48.0 Å². The smallest absolute Gasteiger partial charge is 0.263 e. The number of nitrogens with zero attached hydrogens (tertiary/aromatic N) is 1. The number of hydrogen-bond acceptors (Lipinski definition) is 3. The second kappa shape index (κ2) is 7.24. The molecule has 1 amide bonds. The molecule has 5 heteroatoms. The SMILES string of the molecule is CC(Oc1cccc(Cl)c1)C(=O)N1C[C@@H](N)[C@H](c2ccccc2)C1. The van der Waals surface area contributed by atoms with E-state index in [0.29, 0.717) is 23.9 Å². The molecule has 3 rings (SSSR count). The number of rotatable bonds is 4. The van der Waals surface area contributed by atoms with Crippen molar-refractivity contribution in [3.63, 3.8) is 0 Å². The molecule has 0 bridgehead atoms. The molecule has 1 aliphatic rings. The van der Waals surface area contributed by atoms with Crippen LogP contribution in [0, 0.1) is 0 Å². The van der Waals surface area contributed by atoms with Gasteiger partial charge in [-0.15, -0.1) is 0 Å². The van der Waals surface area contributed by atoms with Crippen LogP contribution in [0.5, 0.6) is 5.75 Å². The summed E-state index contributed by atoms with van der Waals surface area (Å²) >= 11 is 5.95. The summed E-state index contributed by atoms with van der Waals surface area (Å²) in [7, 11) is 0. The molecule has 126 valence electrons. The lowest BCUT2D eigenvalue weighted by atomic mass is 9.95. The zero-order valence-corrected chi connectivity index (χ0v) is 14.3. The molecule has 1 heterocycles. The van der Waals surface area contributed by atoms with Crippen molar-refractivity contribution in [2.24, 2.45) is 5.73 Å². The van der Waals surface area contributed by atoms with Crippen molar-refractivity contribution in [2.75, 3.05) is 13.1 Å². The van der Waals surface area contributed by atoms with Crippen molar-refractivity contribution >= 4 is 17.5 Å². The first kappa shape index (κ1) is 16.8. The van der Waals surface area contributed by atoms with E-state index in [-0.39, 0.29) is 17.9 Å². The summed E-state index contributed by atoms with van der Waals surface area (Å²) in [4.78, 5) is 14.5. The van der Waals surface area contributed by atoms with Crippen molar-refractivity contribution in [2.45, 2.75) is 25.0 Å². The Morgan fingerprint density at radius 3 is 2.67 bits per heavy atom. The summed E-state index contributed by atoms with van der Waals surface area (Å²) in [5.41, 5.74) is 7.43. The zero-order chi connectivity index (χ0) is 17.1. The summed E-state index contributed by atoms with van der Waals surface area (Å²) in [6, 6.07) is 17.1. The monoisotopic (exact) mass is 344 g/mol. The van der Waals surface area contributed by atoms with Crippen molar-refractivity contribution in [3.8, 4) is 5.75 Å². The van der Waals surface area contributed by atoms with E-state index in [9.17, 15) is 4.79 Å². The summed E-state index contributed by atoms with van der Waals surface area (Å²) < 4.78 is 5.73. The molecule has 0 aromatic heterocycles. The van der Waals surface area contributed by atoms with Gasteiger partial charge in [0, 0.05) is 30.1 Å². The maximum atomic E-state index is 12.7. The molecule has 2 aromatic rings. The normalized spacial score (nSPS) is 21.5. The number of amides is 1. The number of benzene rings is 2. The highest BCUT2D eigenvalue weighted by atomic mass is 35.5. The minimum Gasteiger partial charge on any atom is -0.481 e. The first-order valence-electron chi connectivity index (χ1n) is 8.06. The highest BCUT2D eigenvalue weighted by molar-refractivity contribution is 6.30. The van der Waals surface area contributed by atoms with Crippen LogP contribution in [0.4, 0.5) is 0 Å². The molecule has 24 heavy (non-hydrogen) atoms. The van der Waals surface area contributed by atoms with Crippen LogP contribution in [0.2, 0.25) is 5.02 Å². The fourth-order valence-electron chi connectivity index (χ4n) is 3.11. The van der Waals surface area contributed by atoms with Gasteiger partial charge < -0.3 is 15.4 Å². The first-order valence-corrected chi connectivity index (χ1v) is 8.44. The number of carbonyl (C=O) groups is 1. The quantitative estimate of drug-likeness (QED) is 0.927. The van der Waals surface area contributed by atoms with Gasteiger partial charge in [-0.25, -0.2) is 0 Å². The van der Waals surface area contributed by atoms with Crippen LogP contribution in [0.25, 0.3) is 0 Å². The van der Waals surface area contributed by atoms with Gasteiger partial charge in [0.1, 0.15) is 5.75 Å². The Labute approximate surface area is 147 Å². The molecule has 4 nitrogen and oxygen atoms in total. The van der Waals surface area contributed by atoms with Crippen molar-refractivity contribution in [1.82, 2.24) is 4.90 Å². The molecule has 1 aliphatic heterocycles. The van der Waals surface area contributed by atoms with Crippen LogP contribution in [0.3, 0.4) is 0 Å². The molecule has 3 atom stereocenters. The third-order valence-corrected chi connectivity index (χ3v) is 4.60. The maximum Gasteiger partial charge on any atom is 0.263 e. The number of nitrogens with two attached hydrogens (primary N) is 1. The van der Waals surface area contributed by atoms with Crippen LogP contribution in [-0.4, -0.2) is 36.0 Å². The van der Waals surface area contributed by atoms with E-state index in [1.165, 1.54) is 5.56 Å². The Morgan fingerprint density at radius 1 is 1.21 bits per heavy atom. The lowest BCUT2D eigenvalue weighted by molar-refractivity contribution is -0.136. The van der Waals surface area contributed by atoms with Crippen LogP contribution in [-0.2, 0) is 4.79 Å². The lowest BCUT2D eigenvalue weighted by Crippen LogP contribution is -2.40. The number of likely N-dealkylation sites (tertiary alicyclic amines) is 1. The number of carbonyl (C=O) groups excluding carboxylic acids is 1. The number of hydrogen-bond donors (Lipinski definition) is 1. The molecule has 1 fully saturated rings. The molecule has 0 spiro atoms. The van der Waals surface area contributed by atoms with Gasteiger partial charge in [0.2, 0.25) is 0 Å². The minimum absolute atomic E-state index is 0.0520. The summed E-state index contributed by atoms with van der Waals surface area (Å²) in [6.45, 7) is 2.92. The Morgan fingerprint density at radius 2 is 1.96 bits per heavy atom. The standard InChI is InChI=1S/C19H21ClN2O2/c1-13(24-16-9-5-8-15(20)10-16)19(23)22-11-17(18(21)12-22)14-6-3-2-4-7-14/h2-10,13,17-18H,11-12,21H2,1H3/t13?,17-,18+/m0/s1. The van der Waals surface area contributed by atoms with E-state index in [2.05, 4.69) is 12.1 Å².